The Morgan fingerprint density at radius 3 is 2.00 bits per heavy atom. The summed E-state index contributed by atoms with van der Waals surface area (Å²) in [5, 5.41) is 0. The van der Waals surface area contributed by atoms with E-state index < -0.39 is 5.67 Å². The van der Waals surface area contributed by atoms with Gasteiger partial charge in [0.2, 0.25) is 0 Å². The Hall–Kier alpha value is 0.180. The van der Waals surface area contributed by atoms with Crippen molar-refractivity contribution in [2.45, 2.75) is 31.5 Å². The van der Waals surface area contributed by atoms with Gasteiger partial charge in [-0.15, -0.1) is 12.4 Å². The first-order chi connectivity index (χ1) is 3.15. The average molecular weight is 140 g/mol. The van der Waals surface area contributed by atoms with Gasteiger partial charge in [0.25, 0.3) is 0 Å². The lowest BCUT2D eigenvalue weighted by Crippen LogP contribution is -2.29. The Labute approximate surface area is 54.9 Å². The van der Waals surface area contributed by atoms with E-state index in [0.717, 1.165) is 0 Å². The summed E-state index contributed by atoms with van der Waals surface area (Å²) in [4.78, 5) is 0. The van der Waals surface area contributed by atoms with Gasteiger partial charge < -0.3 is 5.73 Å². The molecule has 8 heavy (non-hydrogen) atoms. The number of rotatable bonds is 1. The van der Waals surface area contributed by atoms with Crippen molar-refractivity contribution < 1.29 is 4.39 Å². The minimum atomic E-state index is -0.972. The fraction of sp³-hybridized carbons (Fsp3) is 1.00. The number of halogens is 2. The van der Waals surface area contributed by atoms with Gasteiger partial charge in [-0.05, 0) is 19.8 Å². The summed E-state index contributed by atoms with van der Waals surface area (Å²) in [7, 11) is 0. The molecule has 0 aromatic heterocycles. The Kier molecular flexibility index (Phi) is 2.24. The van der Waals surface area contributed by atoms with E-state index in [0.29, 0.717) is 12.8 Å². The molecule has 0 bridgehead atoms. The predicted octanol–water partition coefficient (Wildman–Crippen LogP) is 1.26. The van der Waals surface area contributed by atoms with Gasteiger partial charge in [0.1, 0.15) is 5.67 Å². The molecule has 1 unspecified atom stereocenters. The van der Waals surface area contributed by atoms with Gasteiger partial charge in [0.15, 0.2) is 0 Å². The minimum absolute atomic E-state index is 0. The molecule has 1 aliphatic rings. The summed E-state index contributed by atoms with van der Waals surface area (Å²) in [6, 6.07) is -0.257. The van der Waals surface area contributed by atoms with E-state index in [9.17, 15) is 4.39 Å². The van der Waals surface area contributed by atoms with Crippen LogP contribution in [0.2, 0.25) is 0 Å². The van der Waals surface area contributed by atoms with Crippen LogP contribution in [0.25, 0.3) is 0 Å². The minimum Gasteiger partial charge on any atom is -0.325 e. The molecule has 0 aromatic carbocycles. The summed E-state index contributed by atoms with van der Waals surface area (Å²) >= 11 is 0. The first-order valence-corrected chi connectivity index (χ1v) is 2.60. The summed E-state index contributed by atoms with van der Waals surface area (Å²) in [5.74, 6) is 0. The molecule has 0 heterocycles. The summed E-state index contributed by atoms with van der Waals surface area (Å²) in [6.07, 6.45) is 1.34. The molecule has 1 aliphatic carbocycles. The molecule has 0 amide bonds. The lowest BCUT2D eigenvalue weighted by Gasteiger charge is -2.06. The zero-order valence-corrected chi connectivity index (χ0v) is 5.67. The number of hydrogen-bond acceptors (Lipinski definition) is 1. The first-order valence-electron chi connectivity index (χ1n) is 2.60. The lowest BCUT2D eigenvalue weighted by atomic mass is 10.2. The van der Waals surface area contributed by atoms with Crippen molar-refractivity contribution in [3.05, 3.63) is 0 Å². The molecule has 3 heteroatoms. The molecule has 0 aromatic rings. The van der Waals surface area contributed by atoms with E-state index in [1.165, 1.54) is 0 Å². The van der Waals surface area contributed by atoms with Crippen LogP contribution in [0.3, 0.4) is 0 Å². The molecule has 1 rings (SSSR count). The van der Waals surface area contributed by atoms with Crippen molar-refractivity contribution in [2.24, 2.45) is 5.73 Å². The van der Waals surface area contributed by atoms with E-state index in [1.54, 1.807) is 6.92 Å². The van der Waals surface area contributed by atoms with Crippen LogP contribution in [0.15, 0.2) is 0 Å². The summed E-state index contributed by atoms with van der Waals surface area (Å²) in [5.41, 5.74) is 4.28. The lowest BCUT2D eigenvalue weighted by molar-refractivity contribution is 0.267. The van der Waals surface area contributed by atoms with Gasteiger partial charge in [-0.1, -0.05) is 0 Å². The molecule has 0 aliphatic heterocycles. The van der Waals surface area contributed by atoms with Crippen molar-refractivity contribution in [1.82, 2.24) is 0 Å². The number of alkyl halides is 1. The van der Waals surface area contributed by atoms with Crippen LogP contribution in [-0.4, -0.2) is 11.7 Å². The van der Waals surface area contributed by atoms with Crippen LogP contribution in [0.5, 0.6) is 0 Å². The van der Waals surface area contributed by atoms with Crippen LogP contribution in [0, 0.1) is 0 Å². The molecule has 0 spiro atoms. The van der Waals surface area contributed by atoms with Crippen LogP contribution in [0.1, 0.15) is 19.8 Å². The second-order valence-corrected chi connectivity index (χ2v) is 2.32. The van der Waals surface area contributed by atoms with Crippen molar-refractivity contribution in [3.8, 4) is 0 Å². The Morgan fingerprint density at radius 2 is 2.00 bits per heavy atom. The maximum atomic E-state index is 12.5. The molecular weight excluding hydrogens is 129 g/mol. The average Bonchev–Trinajstić information content (AvgIpc) is 2.21. The monoisotopic (exact) mass is 139 g/mol. The molecule has 1 fully saturated rings. The molecular formula is C5H11ClFN. The molecule has 2 N–H and O–H groups in total. The topological polar surface area (TPSA) is 26.0 Å². The maximum absolute atomic E-state index is 12.5. The largest absolute Gasteiger partial charge is 0.325 e. The van der Waals surface area contributed by atoms with Gasteiger partial charge in [0.05, 0.1) is 0 Å². The number of hydrogen-bond donors (Lipinski definition) is 1. The highest BCUT2D eigenvalue weighted by Crippen LogP contribution is 2.41. The standard InChI is InChI=1S/C5H10FN.ClH/c1-4(7)5(6)2-3-5;/h4H,2-3,7H2,1H3;1H. The van der Waals surface area contributed by atoms with Crippen molar-refractivity contribution in [2.75, 3.05) is 0 Å². The van der Waals surface area contributed by atoms with Gasteiger partial charge in [-0.25, -0.2) is 4.39 Å². The van der Waals surface area contributed by atoms with E-state index in [4.69, 9.17) is 5.73 Å². The van der Waals surface area contributed by atoms with E-state index >= 15 is 0 Å². The summed E-state index contributed by atoms with van der Waals surface area (Å²) in [6.45, 7) is 1.72. The quantitative estimate of drug-likeness (QED) is 0.582. The highest BCUT2D eigenvalue weighted by Gasteiger charge is 2.46. The highest BCUT2D eigenvalue weighted by molar-refractivity contribution is 5.85. The van der Waals surface area contributed by atoms with E-state index in [-0.39, 0.29) is 18.4 Å². The smallest absolute Gasteiger partial charge is 0.126 e. The highest BCUT2D eigenvalue weighted by atomic mass is 35.5. The van der Waals surface area contributed by atoms with Gasteiger partial charge in [-0.3, -0.25) is 0 Å². The Morgan fingerprint density at radius 1 is 1.62 bits per heavy atom. The number of nitrogens with two attached hydrogens (primary N) is 1. The van der Waals surface area contributed by atoms with Crippen molar-refractivity contribution in [1.29, 1.82) is 0 Å². The summed E-state index contributed by atoms with van der Waals surface area (Å²) < 4.78 is 12.5. The van der Waals surface area contributed by atoms with Crippen LogP contribution >= 0.6 is 12.4 Å². The first kappa shape index (κ1) is 8.18. The molecule has 0 radical (unpaired) electrons. The second-order valence-electron chi connectivity index (χ2n) is 2.32. The van der Waals surface area contributed by atoms with Gasteiger partial charge in [0, 0.05) is 6.04 Å². The molecule has 50 valence electrons. The Bertz CT molecular complexity index is 80.5. The maximum Gasteiger partial charge on any atom is 0.126 e. The molecule has 1 atom stereocenters. The SMILES string of the molecule is CC(N)C1(F)CC1.Cl. The van der Waals surface area contributed by atoms with Gasteiger partial charge in [-0.2, -0.15) is 0 Å². The van der Waals surface area contributed by atoms with Crippen molar-refractivity contribution >= 4 is 12.4 Å². The third kappa shape index (κ3) is 1.33. The molecule has 1 nitrogen and oxygen atoms in total. The fourth-order valence-electron chi connectivity index (χ4n) is 0.575. The van der Waals surface area contributed by atoms with Crippen LogP contribution in [0.4, 0.5) is 4.39 Å². The third-order valence-corrected chi connectivity index (χ3v) is 1.54. The predicted molar refractivity (Wildman–Crippen MR) is 34.0 cm³/mol. The molecule has 0 saturated heterocycles. The zero-order chi connectivity index (χ0) is 5.49. The van der Waals surface area contributed by atoms with Crippen LogP contribution in [-0.2, 0) is 0 Å². The fourth-order valence-corrected chi connectivity index (χ4v) is 0.575. The molecule has 1 saturated carbocycles. The Balaban J connectivity index is 0.000000490. The van der Waals surface area contributed by atoms with E-state index in [1.807, 2.05) is 0 Å². The second kappa shape index (κ2) is 2.19. The van der Waals surface area contributed by atoms with Crippen molar-refractivity contribution in [3.63, 3.8) is 0 Å². The zero-order valence-electron chi connectivity index (χ0n) is 4.86. The van der Waals surface area contributed by atoms with E-state index in [2.05, 4.69) is 0 Å². The normalized spacial score (nSPS) is 25.9. The third-order valence-electron chi connectivity index (χ3n) is 1.54. The van der Waals surface area contributed by atoms with Gasteiger partial charge >= 0.3 is 0 Å². The van der Waals surface area contributed by atoms with Crippen LogP contribution < -0.4 is 5.73 Å².